The van der Waals surface area contributed by atoms with Crippen molar-refractivity contribution in [1.82, 2.24) is 9.78 Å². The van der Waals surface area contributed by atoms with Crippen molar-refractivity contribution in [3.05, 3.63) is 28.2 Å². The molecule has 0 saturated carbocycles. The first kappa shape index (κ1) is 13.0. The minimum absolute atomic E-state index is 0. The third-order valence-corrected chi connectivity index (χ3v) is 2.32. The van der Waals surface area contributed by atoms with E-state index in [2.05, 4.69) is 11.2 Å². The molecule has 0 bridgehead atoms. The van der Waals surface area contributed by atoms with Crippen LogP contribution in [0.3, 0.4) is 0 Å². The fourth-order valence-electron chi connectivity index (χ4n) is 1.58. The molecule has 1 radical (unpaired) electrons. The maximum absolute atomic E-state index is 11.5. The van der Waals surface area contributed by atoms with E-state index in [0.29, 0.717) is 6.61 Å². The molecule has 4 nitrogen and oxygen atoms in total. The molecule has 1 fully saturated rings. The second kappa shape index (κ2) is 5.87. The average Bonchev–Trinajstić information content (AvgIpc) is 2.19. The van der Waals surface area contributed by atoms with Crippen LogP contribution in [-0.4, -0.2) is 16.4 Å². The maximum Gasteiger partial charge on any atom is 0.177 e. The first-order valence-corrected chi connectivity index (χ1v) is 4.87. The van der Waals surface area contributed by atoms with Crippen molar-refractivity contribution >= 4 is 0 Å². The Morgan fingerprint density at radius 2 is 2.40 bits per heavy atom. The molecule has 1 unspecified atom stereocenters. The SMILES string of the molecule is Cc1[c-]c(=O)n(C2CCCCO2)nc1.[Y]. The monoisotopic (exact) mass is 282 g/mol. The van der Waals surface area contributed by atoms with Crippen LogP contribution in [0.1, 0.15) is 31.1 Å². The van der Waals surface area contributed by atoms with E-state index in [1.165, 1.54) is 4.68 Å². The van der Waals surface area contributed by atoms with Crippen molar-refractivity contribution in [1.29, 1.82) is 0 Å². The van der Waals surface area contributed by atoms with E-state index in [0.717, 1.165) is 24.8 Å². The van der Waals surface area contributed by atoms with Gasteiger partial charge in [0, 0.05) is 39.3 Å². The third kappa shape index (κ3) is 3.20. The predicted octanol–water partition coefficient (Wildman–Crippen LogP) is 1.05. The zero-order chi connectivity index (χ0) is 9.97. The van der Waals surface area contributed by atoms with Crippen molar-refractivity contribution in [2.24, 2.45) is 0 Å². The quantitative estimate of drug-likeness (QED) is 0.723. The standard InChI is InChI=1S/C10H13N2O2.Y/c1-8-6-9(13)12(11-7-8)10-4-2-3-5-14-10;/h7,10H,2-5H2,1H3;/q-1;. The summed E-state index contributed by atoms with van der Waals surface area (Å²) in [6.45, 7) is 2.52. The summed E-state index contributed by atoms with van der Waals surface area (Å²) in [5.41, 5.74) is 0.568. The number of hydrogen-bond donors (Lipinski definition) is 0. The van der Waals surface area contributed by atoms with Crippen LogP contribution in [0.2, 0.25) is 0 Å². The van der Waals surface area contributed by atoms with E-state index in [1.54, 1.807) is 13.1 Å². The van der Waals surface area contributed by atoms with Crippen LogP contribution in [0.25, 0.3) is 0 Å². The van der Waals surface area contributed by atoms with Gasteiger partial charge in [0.05, 0.1) is 0 Å². The number of ether oxygens (including phenoxy) is 1. The number of rotatable bonds is 1. The van der Waals surface area contributed by atoms with Crippen molar-refractivity contribution in [3.8, 4) is 0 Å². The van der Waals surface area contributed by atoms with Gasteiger partial charge < -0.3 is 4.74 Å². The van der Waals surface area contributed by atoms with E-state index in [9.17, 15) is 4.79 Å². The van der Waals surface area contributed by atoms with Crippen molar-refractivity contribution < 1.29 is 37.4 Å². The topological polar surface area (TPSA) is 44.1 Å². The van der Waals surface area contributed by atoms with Crippen LogP contribution in [0.15, 0.2) is 11.0 Å². The maximum atomic E-state index is 11.5. The molecular weight excluding hydrogens is 269 g/mol. The van der Waals surface area contributed by atoms with Gasteiger partial charge in [-0.2, -0.15) is 11.6 Å². The van der Waals surface area contributed by atoms with Crippen LogP contribution in [0.4, 0.5) is 0 Å². The molecule has 0 aliphatic carbocycles. The summed E-state index contributed by atoms with van der Waals surface area (Å²) in [6.07, 6.45) is 4.48. The van der Waals surface area contributed by atoms with E-state index < -0.39 is 0 Å². The molecule has 2 rings (SSSR count). The molecule has 2 heterocycles. The first-order valence-electron chi connectivity index (χ1n) is 4.87. The van der Waals surface area contributed by atoms with Crippen molar-refractivity contribution in [2.45, 2.75) is 32.4 Å². The smallest absolute Gasteiger partial charge is 0.177 e. The van der Waals surface area contributed by atoms with Gasteiger partial charge in [-0.1, -0.05) is 13.1 Å². The predicted molar refractivity (Wildman–Crippen MR) is 50.9 cm³/mol. The van der Waals surface area contributed by atoms with Crippen LogP contribution >= 0.6 is 0 Å². The summed E-state index contributed by atoms with van der Waals surface area (Å²) >= 11 is 0. The van der Waals surface area contributed by atoms with Gasteiger partial charge in [-0.3, -0.25) is 9.89 Å². The number of nitrogens with zero attached hydrogens (tertiary/aromatic N) is 2. The Bertz CT molecular complexity index is 372. The molecule has 0 N–H and O–H groups in total. The normalized spacial score (nSPS) is 20.7. The summed E-state index contributed by atoms with van der Waals surface area (Å²) in [5, 5.41) is 4.05. The van der Waals surface area contributed by atoms with Gasteiger partial charge in [0.15, 0.2) is 11.8 Å². The molecule has 0 amide bonds. The van der Waals surface area contributed by atoms with Crippen molar-refractivity contribution in [2.75, 3.05) is 6.61 Å². The zero-order valence-corrected chi connectivity index (χ0v) is 11.6. The molecule has 15 heavy (non-hydrogen) atoms. The molecule has 0 aromatic carbocycles. The van der Waals surface area contributed by atoms with Gasteiger partial charge in [0.2, 0.25) is 0 Å². The summed E-state index contributed by atoms with van der Waals surface area (Å²) in [7, 11) is 0. The molecule has 5 heteroatoms. The third-order valence-electron chi connectivity index (χ3n) is 2.32. The summed E-state index contributed by atoms with van der Waals surface area (Å²) in [6, 6.07) is 2.70. The van der Waals surface area contributed by atoms with Gasteiger partial charge in [-0.15, -0.1) is 0 Å². The molecule has 1 saturated heterocycles. The Kier molecular flexibility index (Phi) is 5.09. The van der Waals surface area contributed by atoms with E-state index in [-0.39, 0.29) is 44.5 Å². The molecular formula is C10H13N2O2Y-. The van der Waals surface area contributed by atoms with Gasteiger partial charge in [-0.05, 0) is 19.3 Å². The van der Waals surface area contributed by atoms with Crippen LogP contribution in [-0.2, 0) is 37.4 Å². The van der Waals surface area contributed by atoms with Gasteiger partial charge >= 0.3 is 0 Å². The second-order valence-electron chi connectivity index (χ2n) is 3.52. The van der Waals surface area contributed by atoms with Crippen LogP contribution < -0.4 is 5.56 Å². The Morgan fingerprint density at radius 1 is 1.60 bits per heavy atom. The molecule has 0 spiro atoms. The molecule has 1 atom stereocenters. The molecule has 79 valence electrons. The van der Waals surface area contributed by atoms with Crippen LogP contribution in [0, 0.1) is 13.0 Å². The molecule has 1 aliphatic heterocycles. The fourth-order valence-corrected chi connectivity index (χ4v) is 1.58. The summed E-state index contributed by atoms with van der Waals surface area (Å²) < 4.78 is 6.85. The average molecular weight is 282 g/mol. The van der Waals surface area contributed by atoms with Gasteiger partial charge in [0.25, 0.3) is 0 Å². The van der Waals surface area contributed by atoms with Gasteiger partial charge in [-0.25, -0.2) is 4.68 Å². The summed E-state index contributed by atoms with van der Waals surface area (Å²) in [5.74, 6) is 0. The van der Waals surface area contributed by atoms with E-state index in [4.69, 9.17) is 4.74 Å². The molecule has 1 aromatic heterocycles. The number of aryl methyl sites for hydroxylation is 1. The zero-order valence-electron chi connectivity index (χ0n) is 8.77. The first-order chi connectivity index (χ1) is 6.77. The Balaban J connectivity index is 0.00000112. The van der Waals surface area contributed by atoms with Gasteiger partial charge in [0.1, 0.15) is 0 Å². The van der Waals surface area contributed by atoms with Crippen molar-refractivity contribution in [3.63, 3.8) is 0 Å². The van der Waals surface area contributed by atoms with E-state index >= 15 is 0 Å². The largest absolute Gasteiger partial charge is 0.356 e. The number of aromatic nitrogens is 2. The summed E-state index contributed by atoms with van der Waals surface area (Å²) in [4.78, 5) is 11.5. The molecule has 1 aromatic rings. The Morgan fingerprint density at radius 3 is 3.00 bits per heavy atom. The minimum Gasteiger partial charge on any atom is -0.356 e. The number of hydrogen-bond acceptors (Lipinski definition) is 3. The second-order valence-corrected chi connectivity index (χ2v) is 3.52. The Labute approximate surface area is 114 Å². The van der Waals surface area contributed by atoms with Crippen LogP contribution in [0.5, 0.6) is 0 Å². The fraction of sp³-hybridized carbons (Fsp3) is 0.600. The Hall–Kier alpha value is -0.0561. The minimum atomic E-state index is -0.197. The molecule has 1 aliphatic rings. The van der Waals surface area contributed by atoms with E-state index in [1.807, 2.05) is 0 Å².